The minimum atomic E-state index is 0.658. The van der Waals surface area contributed by atoms with Gasteiger partial charge in [-0.3, -0.25) is 0 Å². The highest BCUT2D eigenvalue weighted by Crippen LogP contribution is 2.22. The summed E-state index contributed by atoms with van der Waals surface area (Å²) < 4.78 is 5.01. The topological polar surface area (TPSA) is 34.2 Å². The summed E-state index contributed by atoms with van der Waals surface area (Å²) in [5.74, 6) is 0. The first-order valence-electron chi connectivity index (χ1n) is 3.41. The lowest BCUT2D eigenvalue weighted by atomic mass is 10.4. The zero-order chi connectivity index (χ0) is 8.27. The van der Waals surface area contributed by atoms with Crippen molar-refractivity contribution >= 4 is 16.5 Å². The number of hydrogen-bond acceptors (Lipinski definition) is 4. The Bertz CT molecular complexity index is 234. The number of hydrogen-bond donors (Lipinski definition) is 1. The first kappa shape index (κ1) is 8.49. The zero-order valence-corrected chi connectivity index (χ0v) is 7.79. The molecule has 3 nitrogen and oxygen atoms in total. The smallest absolute Gasteiger partial charge is 0.182 e. The van der Waals surface area contributed by atoms with Crippen LogP contribution < -0.4 is 5.32 Å². The molecule has 0 aliphatic heterocycles. The summed E-state index contributed by atoms with van der Waals surface area (Å²) in [7, 11) is 3.56. The van der Waals surface area contributed by atoms with E-state index in [9.17, 15) is 0 Å². The highest BCUT2D eigenvalue weighted by molar-refractivity contribution is 7.15. The van der Waals surface area contributed by atoms with E-state index in [-0.39, 0.29) is 0 Å². The average Bonchev–Trinajstić information content (AvgIpc) is 2.33. The Labute approximate surface area is 70.4 Å². The van der Waals surface area contributed by atoms with Crippen molar-refractivity contribution in [3.05, 3.63) is 10.6 Å². The van der Waals surface area contributed by atoms with Crippen LogP contribution in [0.4, 0.5) is 5.13 Å². The molecule has 1 aromatic rings. The van der Waals surface area contributed by atoms with Crippen LogP contribution in [0.25, 0.3) is 0 Å². The lowest BCUT2D eigenvalue weighted by molar-refractivity contribution is 0.187. The summed E-state index contributed by atoms with van der Waals surface area (Å²) in [5, 5.41) is 3.95. The van der Waals surface area contributed by atoms with Crippen LogP contribution in [-0.4, -0.2) is 19.1 Å². The molecule has 0 fully saturated rings. The van der Waals surface area contributed by atoms with Crippen molar-refractivity contribution in [3.63, 3.8) is 0 Å². The van der Waals surface area contributed by atoms with Crippen LogP contribution in [0.1, 0.15) is 10.6 Å². The van der Waals surface area contributed by atoms with Gasteiger partial charge in [-0.2, -0.15) is 0 Å². The van der Waals surface area contributed by atoms with Crippen molar-refractivity contribution < 1.29 is 4.74 Å². The van der Waals surface area contributed by atoms with Gasteiger partial charge in [0.05, 0.1) is 17.2 Å². The molecule has 0 atom stereocenters. The number of anilines is 1. The molecule has 0 saturated heterocycles. The first-order chi connectivity index (χ1) is 5.27. The normalized spacial score (nSPS) is 10.1. The number of aromatic nitrogens is 1. The zero-order valence-electron chi connectivity index (χ0n) is 6.97. The molecule has 1 heterocycles. The summed E-state index contributed by atoms with van der Waals surface area (Å²) in [6, 6.07) is 0. The van der Waals surface area contributed by atoms with E-state index in [1.165, 1.54) is 4.88 Å². The predicted molar refractivity (Wildman–Crippen MR) is 47.1 cm³/mol. The molecule has 0 radical (unpaired) electrons. The van der Waals surface area contributed by atoms with E-state index >= 15 is 0 Å². The fraction of sp³-hybridized carbons (Fsp3) is 0.571. The predicted octanol–water partition coefficient (Wildman–Crippen LogP) is 1.64. The van der Waals surface area contributed by atoms with Gasteiger partial charge in [0.2, 0.25) is 0 Å². The highest BCUT2D eigenvalue weighted by Gasteiger charge is 2.04. The standard InChI is InChI=1S/C7H12N2OS/c1-5-6(4-10-3)11-7(8-2)9-5/h4H2,1-3H3,(H,8,9). The molecular formula is C7H12N2OS. The van der Waals surface area contributed by atoms with Gasteiger partial charge in [-0.05, 0) is 6.92 Å². The number of ether oxygens (including phenoxy) is 1. The molecule has 0 aliphatic rings. The van der Waals surface area contributed by atoms with Crippen molar-refractivity contribution in [2.75, 3.05) is 19.5 Å². The van der Waals surface area contributed by atoms with Crippen molar-refractivity contribution in [1.82, 2.24) is 4.98 Å². The SMILES string of the molecule is CNc1nc(C)c(COC)s1. The van der Waals surface area contributed by atoms with Gasteiger partial charge in [-0.15, -0.1) is 0 Å². The van der Waals surface area contributed by atoms with E-state index in [0.717, 1.165) is 10.8 Å². The molecule has 4 heteroatoms. The minimum Gasteiger partial charge on any atom is -0.379 e. The Morgan fingerprint density at radius 1 is 1.64 bits per heavy atom. The van der Waals surface area contributed by atoms with Crippen LogP contribution in [0, 0.1) is 6.92 Å². The maximum absolute atomic E-state index is 5.01. The molecule has 1 rings (SSSR count). The van der Waals surface area contributed by atoms with Crippen LogP contribution in [0.3, 0.4) is 0 Å². The molecule has 1 N–H and O–H groups in total. The fourth-order valence-corrected chi connectivity index (χ4v) is 1.69. The molecule has 11 heavy (non-hydrogen) atoms. The van der Waals surface area contributed by atoms with Gasteiger partial charge in [0.25, 0.3) is 0 Å². The highest BCUT2D eigenvalue weighted by atomic mass is 32.1. The summed E-state index contributed by atoms with van der Waals surface area (Å²) in [6.07, 6.45) is 0. The lowest BCUT2D eigenvalue weighted by Gasteiger charge is -1.92. The van der Waals surface area contributed by atoms with Gasteiger partial charge in [0.1, 0.15) is 0 Å². The lowest BCUT2D eigenvalue weighted by Crippen LogP contribution is -1.86. The van der Waals surface area contributed by atoms with Gasteiger partial charge in [0.15, 0.2) is 5.13 Å². The fourth-order valence-electron chi connectivity index (χ4n) is 0.800. The Hall–Kier alpha value is -0.610. The molecule has 62 valence electrons. The number of aryl methyl sites for hydroxylation is 1. The maximum atomic E-state index is 5.01. The van der Waals surface area contributed by atoms with Crippen molar-refractivity contribution in [3.8, 4) is 0 Å². The second-order valence-electron chi connectivity index (χ2n) is 2.21. The Balaban J connectivity index is 2.79. The third-order valence-electron chi connectivity index (χ3n) is 1.38. The monoisotopic (exact) mass is 172 g/mol. The average molecular weight is 172 g/mol. The second-order valence-corrected chi connectivity index (χ2v) is 3.29. The van der Waals surface area contributed by atoms with Gasteiger partial charge in [-0.1, -0.05) is 11.3 Å². The van der Waals surface area contributed by atoms with Gasteiger partial charge < -0.3 is 10.1 Å². The Morgan fingerprint density at radius 3 is 2.82 bits per heavy atom. The second kappa shape index (κ2) is 3.69. The van der Waals surface area contributed by atoms with Crippen molar-refractivity contribution in [2.24, 2.45) is 0 Å². The minimum absolute atomic E-state index is 0.658. The summed E-state index contributed by atoms with van der Waals surface area (Å²) in [4.78, 5) is 5.47. The van der Waals surface area contributed by atoms with E-state index < -0.39 is 0 Å². The molecule has 0 aromatic carbocycles. The molecule has 0 bridgehead atoms. The Kier molecular flexibility index (Phi) is 2.84. The van der Waals surface area contributed by atoms with Gasteiger partial charge in [-0.25, -0.2) is 4.98 Å². The van der Waals surface area contributed by atoms with E-state index in [0.29, 0.717) is 6.61 Å². The summed E-state index contributed by atoms with van der Waals surface area (Å²) in [5.41, 5.74) is 1.06. The van der Waals surface area contributed by atoms with Crippen LogP contribution in [-0.2, 0) is 11.3 Å². The number of rotatable bonds is 3. The quantitative estimate of drug-likeness (QED) is 0.752. The first-order valence-corrected chi connectivity index (χ1v) is 4.22. The Morgan fingerprint density at radius 2 is 2.36 bits per heavy atom. The maximum Gasteiger partial charge on any atom is 0.182 e. The molecule has 0 spiro atoms. The summed E-state index contributed by atoms with van der Waals surface area (Å²) in [6.45, 7) is 2.65. The molecule has 1 aromatic heterocycles. The van der Waals surface area contributed by atoms with Gasteiger partial charge >= 0.3 is 0 Å². The number of thiazole rings is 1. The number of nitrogens with one attached hydrogen (secondary N) is 1. The number of nitrogens with zero attached hydrogens (tertiary/aromatic N) is 1. The van der Waals surface area contributed by atoms with E-state index in [1.807, 2.05) is 14.0 Å². The van der Waals surface area contributed by atoms with Crippen molar-refractivity contribution in [1.29, 1.82) is 0 Å². The molecule has 0 aliphatic carbocycles. The molecular weight excluding hydrogens is 160 g/mol. The van der Waals surface area contributed by atoms with E-state index in [2.05, 4.69) is 10.3 Å². The third-order valence-corrected chi connectivity index (χ3v) is 2.53. The van der Waals surface area contributed by atoms with Gasteiger partial charge in [0, 0.05) is 14.2 Å². The van der Waals surface area contributed by atoms with Crippen LogP contribution >= 0.6 is 11.3 Å². The van der Waals surface area contributed by atoms with Crippen LogP contribution in [0.15, 0.2) is 0 Å². The molecule has 0 saturated carbocycles. The van der Waals surface area contributed by atoms with Crippen LogP contribution in [0.2, 0.25) is 0 Å². The number of methoxy groups -OCH3 is 1. The summed E-state index contributed by atoms with van der Waals surface area (Å²) >= 11 is 1.64. The third kappa shape index (κ3) is 1.91. The molecule has 0 unspecified atom stereocenters. The largest absolute Gasteiger partial charge is 0.379 e. The van der Waals surface area contributed by atoms with Crippen molar-refractivity contribution in [2.45, 2.75) is 13.5 Å². The van der Waals surface area contributed by atoms with E-state index in [4.69, 9.17) is 4.74 Å². The van der Waals surface area contributed by atoms with E-state index in [1.54, 1.807) is 18.4 Å². The molecule has 0 amide bonds. The van der Waals surface area contributed by atoms with Crippen LogP contribution in [0.5, 0.6) is 0 Å².